The Hall–Kier alpha value is -3.53. The van der Waals surface area contributed by atoms with E-state index in [4.69, 9.17) is 5.26 Å². The number of piperazine rings is 1. The highest BCUT2D eigenvalue weighted by Gasteiger charge is 2.39. The third-order valence-electron chi connectivity index (χ3n) is 5.07. The zero-order valence-corrected chi connectivity index (χ0v) is 16.0. The minimum atomic E-state index is -0.724. The minimum absolute atomic E-state index is 0.00469. The van der Waals surface area contributed by atoms with Crippen molar-refractivity contribution in [2.24, 2.45) is 0 Å². The largest absolute Gasteiger partial charge is 0.328 e. The molecule has 1 unspecified atom stereocenters. The van der Waals surface area contributed by atoms with E-state index in [2.05, 4.69) is 0 Å². The van der Waals surface area contributed by atoms with Gasteiger partial charge in [-0.05, 0) is 36.2 Å². The van der Waals surface area contributed by atoms with Gasteiger partial charge in [-0.1, -0.05) is 24.3 Å². The molecule has 29 heavy (non-hydrogen) atoms. The van der Waals surface area contributed by atoms with Gasteiger partial charge in [0.2, 0.25) is 5.91 Å². The van der Waals surface area contributed by atoms with Gasteiger partial charge in [0.05, 0.1) is 11.6 Å². The molecule has 0 N–H and O–H groups in total. The van der Waals surface area contributed by atoms with Gasteiger partial charge in [-0.2, -0.15) is 5.26 Å². The first-order valence-electron chi connectivity index (χ1n) is 9.00. The Balaban J connectivity index is 1.84. The minimum Gasteiger partial charge on any atom is -0.328 e. The van der Waals surface area contributed by atoms with Crippen LogP contribution >= 0.6 is 0 Å². The second-order valence-electron chi connectivity index (χ2n) is 6.83. The standard InChI is InChI=1S/C22H19F2N3O2/c1-26-19(11-10-17-15(13-25)4-3-5-18(17)24)21(28)27(2)20(22(26)29)12-14-6-8-16(23)9-7-14/h3-9,11,20H,10,12H2,1-2H3. The first-order chi connectivity index (χ1) is 13.8. The predicted molar refractivity (Wildman–Crippen MR) is 102 cm³/mol. The van der Waals surface area contributed by atoms with Gasteiger partial charge >= 0.3 is 0 Å². The van der Waals surface area contributed by atoms with Crippen LogP contribution in [-0.2, 0) is 22.4 Å². The van der Waals surface area contributed by atoms with Crippen LogP contribution in [0.4, 0.5) is 8.78 Å². The number of nitrogens with zero attached hydrogens (tertiary/aromatic N) is 3. The number of nitriles is 1. The summed E-state index contributed by atoms with van der Waals surface area (Å²) < 4.78 is 27.2. The van der Waals surface area contributed by atoms with Gasteiger partial charge < -0.3 is 9.80 Å². The first-order valence-corrected chi connectivity index (χ1v) is 9.00. The summed E-state index contributed by atoms with van der Waals surface area (Å²) in [6, 6.07) is 11.2. The highest BCUT2D eigenvalue weighted by atomic mass is 19.1. The van der Waals surface area contributed by atoms with Crippen molar-refractivity contribution in [1.82, 2.24) is 9.80 Å². The molecule has 3 rings (SSSR count). The second kappa shape index (κ2) is 8.23. The Morgan fingerprint density at radius 1 is 1.10 bits per heavy atom. The molecule has 0 saturated carbocycles. The monoisotopic (exact) mass is 395 g/mol. The lowest BCUT2D eigenvalue weighted by Gasteiger charge is -2.38. The molecule has 1 saturated heterocycles. The number of likely N-dealkylation sites (N-methyl/N-ethyl adjacent to an activating group) is 2. The van der Waals surface area contributed by atoms with Crippen LogP contribution in [0.25, 0.3) is 0 Å². The van der Waals surface area contributed by atoms with Gasteiger partial charge in [-0.15, -0.1) is 0 Å². The van der Waals surface area contributed by atoms with E-state index in [1.165, 1.54) is 60.3 Å². The molecule has 0 radical (unpaired) electrons. The predicted octanol–water partition coefficient (Wildman–Crippen LogP) is 2.80. The lowest BCUT2D eigenvalue weighted by atomic mass is 9.99. The topological polar surface area (TPSA) is 64.4 Å². The van der Waals surface area contributed by atoms with Gasteiger partial charge in [-0.3, -0.25) is 9.59 Å². The van der Waals surface area contributed by atoms with Gasteiger partial charge in [-0.25, -0.2) is 8.78 Å². The average Bonchev–Trinajstić information content (AvgIpc) is 2.72. The number of amides is 2. The fourth-order valence-corrected chi connectivity index (χ4v) is 3.34. The molecule has 7 heteroatoms. The Morgan fingerprint density at radius 2 is 1.79 bits per heavy atom. The lowest BCUT2D eigenvalue weighted by molar-refractivity contribution is -0.148. The molecule has 0 aromatic heterocycles. The lowest BCUT2D eigenvalue weighted by Crippen LogP contribution is -2.56. The molecule has 0 bridgehead atoms. The summed E-state index contributed by atoms with van der Waals surface area (Å²) in [6.07, 6.45) is 1.72. The molecule has 1 fully saturated rings. The van der Waals surface area contributed by atoms with E-state index in [1.54, 1.807) is 12.1 Å². The molecule has 148 valence electrons. The van der Waals surface area contributed by atoms with Crippen LogP contribution in [0.1, 0.15) is 16.7 Å². The summed E-state index contributed by atoms with van der Waals surface area (Å²) in [6.45, 7) is 0. The maximum absolute atomic E-state index is 14.1. The quantitative estimate of drug-likeness (QED) is 0.748. The molecule has 0 spiro atoms. The zero-order chi connectivity index (χ0) is 21.1. The number of allylic oxidation sites excluding steroid dienone is 1. The Morgan fingerprint density at radius 3 is 2.45 bits per heavy atom. The van der Waals surface area contributed by atoms with Crippen LogP contribution in [0, 0.1) is 23.0 Å². The third kappa shape index (κ3) is 4.02. The van der Waals surface area contributed by atoms with Crippen molar-refractivity contribution in [3.05, 3.63) is 82.6 Å². The van der Waals surface area contributed by atoms with E-state index in [-0.39, 0.29) is 47.3 Å². The molecule has 1 heterocycles. The Kier molecular flexibility index (Phi) is 5.74. The van der Waals surface area contributed by atoms with Crippen molar-refractivity contribution >= 4 is 11.8 Å². The first kappa shape index (κ1) is 20.2. The number of halogens is 2. The summed E-state index contributed by atoms with van der Waals surface area (Å²) in [5.41, 5.74) is 1.21. The molecular formula is C22H19F2N3O2. The highest BCUT2D eigenvalue weighted by molar-refractivity contribution is 6.04. The number of benzene rings is 2. The molecule has 1 aliphatic rings. The van der Waals surface area contributed by atoms with Crippen LogP contribution in [0.2, 0.25) is 0 Å². The number of hydrogen-bond donors (Lipinski definition) is 0. The van der Waals surface area contributed by atoms with Crippen molar-refractivity contribution < 1.29 is 18.4 Å². The summed E-state index contributed by atoms with van der Waals surface area (Å²) in [4.78, 5) is 28.3. The maximum Gasteiger partial charge on any atom is 0.270 e. The summed E-state index contributed by atoms with van der Waals surface area (Å²) in [5, 5.41) is 9.16. The van der Waals surface area contributed by atoms with E-state index < -0.39 is 11.9 Å². The molecule has 2 amide bonds. The van der Waals surface area contributed by atoms with Crippen molar-refractivity contribution in [1.29, 1.82) is 5.26 Å². The molecule has 2 aromatic rings. The fraction of sp³-hybridized carbons (Fsp3) is 0.227. The van der Waals surface area contributed by atoms with Gasteiger partial charge in [0, 0.05) is 26.1 Å². The van der Waals surface area contributed by atoms with Crippen molar-refractivity contribution in [3.63, 3.8) is 0 Å². The van der Waals surface area contributed by atoms with Crippen LogP contribution in [0.5, 0.6) is 0 Å². The van der Waals surface area contributed by atoms with E-state index in [9.17, 15) is 18.4 Å². The van der Waals surface area contributed by atoms with E-state index in [0.29, 0.717) is 0 Å². The van der Waals surface area contributed by atoms with Crippen LogP contribution in [-0.4, -0.2) is 41.8 Å². The molecule has 1 aliphatic heterocycles. The van der Waals surface area contributed by atoms with E-state index >= 15 is 0 Å². The van der Waals surface area contributed by atoms with E-state index in [1.807, 2.05) is 6.07 Å². The maximum atomic E-state index is 14.1. The number of hydrogen-bond acceptors (Lipinski definition) is 3. The Bertz CT molecular complexity index is 1030. The van der Waals surface area contributed by atoms with Crippen molar-refractivity contribution in [2.45, 2.75) is 18.9 Å². The van der Waals surface area contributed by atoms with Crippen molar-refractivity contribution in [3.8, 4) is 6.07 Å². The SMILES string of the molecule is CN1C(=O)C(Cc2ccc(F)cc2)N(C)C(=O)C1=CCc1c(F)cccc1C#N. The molecular weight excluding hydrogens is 376 g/mol. The molecule has 0 aliphatic carbocycles. The molecule has 1 atom stereocenters. The van der Waals surface area contributed by atoms with Gasteiger partial charge in [0.15, 0.2) is 0 Å². The smallest absolute Gasteiger partial charge is 0.270 e. The summed E-state index contributed by atoms with van der Waals surface area (Å²) >= 11 is 0. The third-order valence-corrected chi connectivity index (χ3v) is 5.07. The normalized spacial score (nSPS) is 18.3. The summed E-state index contributed by atoms with van der Waals surface area (Å²) in [5.74, 6) is -1.59. The Labute approximate surface area is 167 Å². The molecule has 2 aromatic carbocycles. The van der Waals surface area contributed by atoms with Crippen LogP contribution in [0.3, 0.4) is 0 Å². The molecule has 5 nitrogen and oxygen atoms in total. The average molecular weight is 395 g/mol. The van der Waals surface area contributed by atoms with Gasteiger partial charge in [0.25, 0.3) is 5.91 Å². The second-order valence-corrected chi connectivity index (χ2v) is 6.83. The highest BCUT2D eigenvalue weighted by Crippen LogP contribution is 2.23. The zero-order valence-electron chi connectivity index (χ0n) is 16.0. The number of carbonyl (C=O) groups is 2. The van der Waals surface area contributed by atoms with Crippen LogP contribution in [0.15, 0.2) is 54.2 Å². The summed E-state index contributed by atoms with van der Waals surface area (Å²) in [7, 11) is 3.02. The number of carbonyl (C=O) groups excluding carboxylic acids is 2. The van der Waals surface area contributed by atoms with E-state index in [0.717, 1.165) is 5.56 Å². The van der Waals surface area contributed by atoms with Crippen LogP contribution < -0.4 is 0 Å². The number of rotatable bonds is 4. The van der Waals surface area contributed by atoms with Crippen molar-refractivity contribution in [2.75, 3.05) is 14.1 Å². The van der Waals surface area contributed by atoms with Gasteiger partial charge in [0.1, 0.15) is 23.4 Å². The fourth-order valence-electron chi connectivity index (χ4n) is 3.34.